The fraction of sp³-hybridized carbons (Fsp3) is 0.484. The summed E-state index contributed by atoms with van der Waals surface area (Å²) in [6.07, 6.45) is 0.0408. The van der Waals surface area contributed by atoms with Gasteiger partial charge in [0, 0.05) is 32.6 Å². The molecule has 220 valence electrons. The van der Waals surface area contributed by atoms with Crippen molar-refractivity contribution in [2.45, 2.75) is 51.7 Å². The molecule has 0 unspecified atom stereocenters. The maximum Gasteiger partial charge on any atom is 0.255 e. The van der Waals surface area contributed by atoms with Crippen LogP contribution in [0.4, 0.5) is 0 Å². The van der Waals surface area contributed by atoms with Crippen LogP contribution in [0.3, 0.4) is 0 Å². The molecule has 0 aromatic heterocycles. The molecule has 2 aliphatic rings. The van der Waals surface area contributed by atoms with E-state index in [4.69, 9.17) is 4.74 Å². The van der Waals surface area contributed by atoms with Crippen molar-refractivity contribution in [2.24, 2.45) is 5.92 Å². The molecule has 4 rings (SSSR count). The Kier molecular flexibility index (Phi) is 10.3. The van der Waals surface area contributed by atoms with E-state index >= 15 is 0 Å². The largest absolute Gasteiger partial charge is 0.491 e. The van der Waals surface area contributed by atoms with Gasteiger partial charge in [0.25, 0.3) is 5.91 Å². The first-order valence-electron chi connectivity index (χ1n) is 14.4. The molecule has 0 spiro atoms. The number of carbonyl (C=O) groups is 4. The molecule has 41 heavy (non-hydrogen) atoms. The van der Waals surface area contributed by atoms with Crippen molar-refractivity contribution >= 4 is 23.6 Å². The number of hydrogen-bond acceptors (Lipinski definition) is 6. The highest BCUT2D eigenvalue weighted by molar-refractivity contribution is 6.00. The highest BCUT2D eigenvalue weighted by atomic mass is 16.5. The van der Waals surface area contributed by atoms with Crippen molar-refractivity contribution in [2.75, 3.05) is 39.3 Å². The zero-order valence-corrected chi connectivity index (χ0v) is 24.1. The number of likely N-dealkylation sites (N-methyl/N-ethyl adjacent to an activating group) is 1. The molecule has 2 aromatic carbocycles. The predicted molar refractivity (Wildman–Crippen MR) is 155 cm³/mol. The Morgan fingerprint density at radius 1 is 0.927 bits per heavy atom. The summed E-state index contributed by atoms with van der Waals surface area (Å²) in [5.74, 6) is -1.04. The first kappa shape index (κ1) is 30.0. The standard InChI is InChI=1S/C31H41N5O5/c1-4-35-16-18-36(19-17-35)31(40)24-14-15-27(37)34-28(22-10-6-5-7-11-22)30(39)33-25(21(2)3)20-41-26-13-9-8-12-23(26)29(38)32-24/h5-13,21,24-25,28H,4,14-20H2,1-3H3,(H,32,38)(H,33,39)(H,34,37)/t24-,25-,28-/m0/s1. The van der Waals surface area contributed by atoms with Gasteiger partial charge in [-0.3, -0.25) is 19.2 Å². The Morgan fingerprint density at radius 2 is 1.61 bits per heavy atom. The summed E-state index contributed by atoms with van der Waals surface area (Å²) in [5, 5.41) is 8.77. The van der Waals surface area contributed by atoms with Crippen LogP contribution in [0.2, 0.25) is 0 Å². The number of nitrogens with zero attached hydrogens (tertiary/aromatic N) is 2. The van der Waals surface area contributed by atoms with Crippen molar-refractivity contribution in [1.29, 1.82) is 0 Å². The normalized spacial score (nSPS) is 23.3. The predicted octanol–water partition coefficient (Wildman–Crippen LogP) is 2.12. The average Bonchev–Trinajstić information content (AvgIpc) is 2.99. The number of rotatable bonds is 4. The molecular weight excluding hydrogens is 522 g/mol. The highest BCUT2D eigenvalue weighted by Crippen LogP contribution is 2.21. The van der Waals surface area contributed by atoms with Gasteiger partial charge in [0.15, 0.2) is 0 Å². The van der Waals surface area contributed by atoms with Crippen LogP contribution in [0.15, 0.2) is 54.6 Å². The number of ether oxygens (including phenoxy) is 1. The smallest absolute Gasteiger partial charge is 0.255 e. The lowest BCUT2D eigenvalue weighted by molar-refractivity contribution is -0.135. The van der Waals surface area contributed by atoms with Crippen LogP contribution in [0.5, 0.6) is 5.75 Å². The maximum absolute atomic E-state index is 13.6. The van der Waals surface area contributed by atoms with Crippen molar-refractivity contribution in [3.05, 3.63) is 65.7 Å². The molecule has 0 saturated carbocycles. The SMILES string of the molecule is CCN1CCN(C(=O)[C@@H]2CCC(=O)N[C@@H](c3ccccc3)C(=O)N[C@H](C(C)C)COc3ccccc3C(=O)N2)CC1. The van der Waals surface area contributed by atoms with Gasteiger partial charge in [0.2, 0.25) is 17.7 Å². The van der Waals surface area contributed by atoms with Gasteiger partial charge in [0.1, 0.15) is 24.4 Å². The second kappa shape index (κ2) is 14.1. The van der Waals surface area contributed by atoms with Crippen molar-refractivity contribution in [3.63, 3.8) is 0 Å². The minimum atomic E-state index is -0.923. The number of piperazine rings is 1. The second-order valence-corrected chi connectivity index (χ2v) is 10.9. The van der Waals surface area contributed by atoms with Crippen molar-refractivity contribution in [3.8, 4) is 5.75 Å². The molecule has 2 aliphatic heterocycles. The first-order chi connectivity index (χ1) is 19.8. The molecule has 10 nitrogen and oxygen atoms in total. The van der Waals surface area contributed by atoms with E-state index in [0.29, 0.717) is 24.4 Å². The van der Waals surface area contributed by atoms with E-state index in [1.807, 2.05) is 32.0 Å². The summed E-state index contributed by atoms with van der Waals surface area (Å²) < 4.78 is 6.09. The summed E-state index contributed by atoms with van der Waals surface area (Å²) in [4.78, 5) is 57.9. The lowest BCUT2D eigenvalue weighted by atomic mass is 10.0. The second-order valence-electron chi connectivity index (χ2n) is 10.9. The quantitative estimate of drug-likeness (QED) is 0.524. The van der Waals surface area contributed by atoms with E-state index in [9.17, 15) is 19.2 Å². The Balaban J connectivity index is 1.64. The summed E-state index contributed by atoms with van der Waals surface area (Å²) in [5.41, 5.74) is 0.933. The molecule has 4 amide bonds. The number of para-hydroxylation sites is 1. The summed E-state index contributed by atoms with van der Waals surface area (Å²) >= 11 is 0. The molecule has 2 heterocycles. The number of carbonyl (C=O) groups excluding carboxylic acids is 4. The Labute approximate surface area is 241 Å². The van der Waals surface area contributed by atoms with Gasteiger partial charge in [-0.1, -0.05) is 63.2 Å². The van der Waals surface area contributed by atoms with Gasteiger partial charge in [-0.2, -0.15) is 0 Å². The third kappa shape index (κ3) is 7.85. The van der Waals surface area contributed by atoms with Crippen molar-refractivity contribution in [1.82, 2.24) is 25.8 Å². The fourth-order valence-electron chi connectivity index (χ4n) is 5.08. The van der Waals surface area contributed by atoms with Crippen LogP contribution in [-0.2, 0) is 14.4 Å². The molecule has 1 saturated heterocycles. The van der Waals surface area contributed by atoms with Crippen LogP contribution in [0, 0.1) is 5.92 Å². The van der Waals surface area contributed by atoms with E-state index in [1.54, 1.807) is 41.3 Å². The molecule has 0 radical (unpaired) electrons. The Bertz CT molecular complexity index is 1210. The van der Waals surface area contributed by atoms with Gasteiger partial charge < -0.3 is 30.5 Å². The Morgan fingerprint density at radius 3 is 2.29 bits per heavy atom. The molecule has 3 N–H and O–H groups in total. The number of amides is 4. The van der Waals surface area contributed by atoms with E-state index in [1.165, 1.54) is 0 Å². The highest BCUT2D eigenvalue weighted by Gasteiger charge is 2.32. The minimum Gasteiger partial charge on any atom is -0.491 e. The molecule has 1 fully saturated rings. The first-order valence-corrected chi connectivity index (χ1v) is 14.4. The van der Waals surface area contributed by atoms with Gasteiger partial charge >= 0.3 is 0 Å². The van der Waals surface area contributed by atoms with E-state index in [2.05, 4.69) is 27.8 Å². The lowest BCUT2D eigenvalue weighted by Gasteiger charge is -2.36. The molecule has 3 atom stereocenters. The Hall–Kier alpha value is -3.92. The molecule has 10 heteroatoms. The summed E-state index contributed by atoms with van der Waals surface area (Å²) in [6, 6.07) is 13.7. The van der Waals surface area contributed by atoms with Gasteiger partial charge in [-0.25, -0.2) is 0 Å². The molecule has 0 aliphatic carbocycles. The molecule has 2 aromatic rings. The van der Waals surface area contributed by atoms with E-state index < -0.39 is 18.0 Å². The average molecular weight is 564 g/mol. The van der Waals surface area contributed by atoms with Crippen LogP contribution < -0.4 is 20.7 Å². The van der Waals surface area contributed by atoms with Gasteiger partial charge in [-0.05, 0) is 36.6 Å². The van der Waals surface area contributed by atoms with Crippen LogP contribution in [0.25, 0.3) is 0 Å². The third-order valence-electron chi connectivity index (χ3n) is 7.78. The monoisotopic (exact) mass is 563 g/mol. The van der Waals surface area contributed by atoms with Gasteiger partial charge in [0.05, 0.1) is 11.6 Å². The van der Waals surface area contributed by atoms with Crippen LogP contribution in [-0.4, -0.2) is 84.8 Å². The summed E-state index contributed by atoms with van der Waals surface area (Å²) in [6.45, 7) is 9.66. The number of fused-ring (bicyclic) bond motifs is 1. The zero-order valence-electron chi connectivity index (χ0n) is 24.1. The minimum absolute atomic E-state index is 0.0120. The van der Waals surface area contributed by atoms with Gasteiger partial charge in [-0.15, -0.1) is 0 Å². The lowest BCUT2D eigenvalue weighted by Crippen LogP contribution is -2.55. The fourth-order valence-corrected chi connectivity index (χ4v) is 5.08. The van der Waals surface area contributed by atoms with E-state index in [0.717, 1.165) is 19.6 Å². The topological polar surface area (TPSA) is 120 Å². The molecule has 0 bridgehead atoms. The third-order valence-corrected chi connectivity index (χ3v) is 7.78. The zero-order chi connectivity index (χ0) is 29.4. The van der Waals surface area contributed by atoms with E-state index in [-0.39, 0.29) is 54.7 Å². The van der Waals surface area contributed by atoms with Crippen LogP contribution >= 0.6 is 0 Å². The number of benzene rings is 2. The van der Waals surface area contributed by atoms with Crippen LogP contribution in [0.1, 0.15) is 55.6 Å². The number of hydrogen-bond donors (Lipinski definition) is 3. The molecular formula is C31H41N5O5. The summed E-state index contributed by atoms with van der Waals surface area (Å²) in [7, 11) is 0. The maximum atomic E-state index is 13.6. The number of nitrogens with one attached hydrogen (secondary N) is 3. The van der Waals surface area contributed by atoms with Crippen molar-refractivity contribution < 1.29 is 23.9 Å².